The van der Waals surface area contributed by atoms with E-state index in [1.807, 2.05) is 0 Å². The van der Waals surface area contributed by atoms with E-state index >= 15 is 0 Å². The molecule has 0 amide bonds. The average molecular weight is 244 g/mol. The second kappa shape index (κ2) is 14.0. The highest BCUT2D eigenvalue weighted by atomic mass is 16.5. The first-order valence-corrected chi connectivity index (χ1v) is 7.57. The number of rotatable bonds is 13. The van der Waals surface area contributed by atoms with Gasteiger partial charge in [0.1, 0.15) is 0 Å². The molecule has 0 aliphatic rings. The molecule has 104 valence electrons. The summed E-state index contributed by atoms with van der Waals surface area (Å²) in [4.78, 5) is 0. The molecule has 0 radical (unpaired) electrons. The van der Waals surface area contributed by atoms with Gasteiger partial charge in [0.15, 0.2) is 0 Å². The van der Waals surface area contributed by atoms with E-state index in [2.05, 4.69) is 13.8 Å². The van der Waals surface area contributed by atoms with Gasteiger partial charge in [-0.3, -0.25) is 0 Å². The van der Waals surface area contributed by atoms with Crippen molar-refractivity contribution in [3.8, 4) is 0 Å². The van der Waals surface area contributed by atoms with Crippen molar-refractivity contribution >= 4 is 0 Å². The predicted molar refractivity (Wildman–Crippen MR) is 74.3 cm³/mol. The molecule has 0 bridgehead atoms. The number of ether oxygens (including phenoxy) is 1. The van der Waals surface area contributed by atoms with E-state index < -0.39 is 0 Å². The van der Waals surface area contributed by atoms with Crippen molar-refractivity contribution in [2.24, 2.45) is 0 Å². The maximum absolute atomic E-state index is 9.71. The van der Waals surface area contributed by atoms with Crippen LogP contribution in [-0.2, 0) is 4.74 Å². The lowest BCUT2D eigenvalue weighted by molar-refractivity contribution is 0.0771. The Morgan fingerprint density at radius 3 is 2.06 bits per heavy atom. The summed E-state index contributed by atoms with van der Waals surface area (Å²) in [6.07, 6.45) is 11.9. The van der Waals surface area contributed by atoms with Crippen LogP contribution in [0.25, 0.3) is 0 Å². The van der Waals surface area contributed by atoms with E-state index in [-0.39, 0.29) is 6.10 Å². The van der Waals surface area contributed by atoms with Gasteiger partial charge in [-0.05, 0) is 19.3 Å². The van der Waals surface area contributed by atoms with Crippen LogP contribution < -0.4 is 0 Å². The Hall–Kier alpha value is -0.0800. The maximum atomic E-state index is 9.71. The number of aliphatic hydroxyl groups excluding tert-OH is 1. The van der Waals surface area contributed by atoms with Gasteiger partial charge in [-0.1, -0.05) is 58.8 Å². The van der Waals surface area contributed by atoms with Gasteiger partial charge in [0, 0.05) is 13.2 Å². The Bertz CT molecular complexity index is 137. The van der Waals surface area contributed by atoms with Gasteiger partial charge in [0.05, 0.1) is 6.10 Å². The highest BCUT2D eigenvalue weighted by Crippen LogP contribution is 2.11. The Morgan fingerprint density at radius 2 is 1.41 bits per heavy atom. The molecule has 0 heterocycles. The average Bonchev–Trinajstić information content (AvgIpc) is 2.33. The first-order chi connectivity index (χ1) is 8.31. The van der Waals surface area contributed by atoms with Crippen molar-refractivity contribution in [2.45, 2.75) is 84.2 Å². The lowest BCUT2D eigenvalue weighted by Crippen LogP contribution is -2.10. The standard InChI is InChI=1S/C15H32O2/c1-3-5-6-7-8-9-10-11-15(16)12-14-17-13-4-2/h15-16H,3-14H2,1-2H3. The highest BCUT2D eigenvalue weighted by molar-refractivity contribution is 4.56. The molecule has 0 saturated heterocycles. The zero-order chi connectivity index (χ0) is 12.8. The molecule has 0 aromatic heterocycles. The fourth-order valence-corrected chi connectivity index (χ4v) is 1.95. The molecule has 2 heteroatoms. The molecule has 17 heavy (non-hydrogen) atoms. The van der Waals surface area contributed by atoms with Crippen LogP contribution in [0.2, 0.25) is 0 Å². The summed E-state index contributed by atoms with van der Waals surface area (Å²) >= 11 is 0. The van der Waals surface area contributed by atoms with E-state index in [0.29, 0.717) is 6.61 Å². The first-order valence-electron chi connectivity index (χ1n) is 7.57. The minimum absolute atomic E-state index is 0.150. The van der Waals surface area contributed by atoms with Crippen molar-refractivity contribution in [2.75, 3.05) is 13.2 Å². The van der Waals surface area contributed by atoms with Gasteiger partial charge in [-0.15, -0.1) is 0 Å². The van der Waals surface area contributed by atoms with Crippen LogP contribution in [0, 0.1) is 0 Å². The first kappa shape index (κ1) is 16.9. The van der Waals surface area contributed by atoms with E-state index in [4.69, 9.17) is 4.74 Å². The second-order valence-corrected chi connectivity index (χ2v) is 4.96. The second-order valence-electron chi connectivity index (χ2n) is 4.96. The van der Waals surface area contributed by atoms with Crippen LogP contribution in [0.1, 0.15) is 78.1 Å². The molecule has 0 aromatic carbocycles. The smallest absolute Gasteiger partial charge is 0.0562 e. The van der Waals surface area contributed by atoms with Gasteiger partial charge in [-0.2, -0.15) is 0 Å². The quantitative estimate of drug-likeness (QED) is 0.489. The van der Waals surface area contributed by atoms with Crippen molar-refractivity contribution in [1.29, 1.82) is 0 Å². The van der Waals surface area contributed by atoms with Crippen molar-refractivity contribution in [1.82, 2.24) is 0 Å². The Labute approximate surface area is 108 Å². The Morgan fingerprint density at radius 1 is 0.765 bits per heavy atom. The van der Waals surface area contributed by atoms with Crippen LogP contribution in [0.5, 0.6) is 0 Å². The maximum Gasteiger partial charge on any atom is 0.0562 e. The molecular formula is C15H32O2. The molecule has 0 spiro atoms. The lowest BCUT2D eigenvalue weighted by Gasteiger charge is -2.10. The number of hydrogen-bond donors (Lipinski definition) is 1. The van der Waals surface area contributed by atoms with E-state index in [1.54, 1.807) is 0 Å². The highest BCUT2D eigenvalue weighted by Gasteiger charge is 2.03. The fourth-order valence-electron chi connectivity index (χ4n) is 1.95. The summed E-state index contributed by atoms with van der Waals surface area (Å²) in [6.45, 7) is 5.89. The molecule has 1 unspecified atom stereocenters. The van der Waals surface area contributed by atoms with Gasteiger partial charge in [0.25, 0.3) is 0 Å². The van der Waals surface area contributed by atoms with Crippen LogP contribution >= 0.6 is 0 Å². The summed E-state index contributed by atoms with van der Waals surface area (Å²) in [5.74, 6) is 0. The number of unbranched alkanes of at least 4 members (excludes halogenated alkanes) is 6. The molecule has 0 rings (SSSR count). The number of aliphatic hydroxyl groups is 1. The Balaban J connectivity index is 3.08. The summed E-state index contributed by atoms with van der Waals surface area (Å²) in [7, 11) is 0. The van der Waals surface area contributed by atoms with E-state index in [0.717, 1.165) is 25.9 Å². The van der Waals surface area contributed by atoms with Gasteiger partial charge in [0.2, 0.25) is 0 Å². The van der Waals surface area contributed by atoms with Crippen molar-refractivity contribution < 1.29 is 9.84 Å². The molecular weight excluding hydrogens is 212 g/mol. The van der Waals surface area contributed by atoms with E-state index in [1.165, 1.54) is 44.9 Å². The molecule has 1 atom stereocenters. The van der Waals surface area contributed by atoms with Gasteiger partial charge >= 0.3 is 0 Å². The van der Waals surface area contributed by atoms with Crippen LogP contribution in [0.3, 0.4) is 0 Å². The van der Waals surface area contributed by atoms with Crippen LogP contribution in [-0.4, -0.2) is 24.4 Å². The summed E-state index contributed by atoms with van der Waals surface area (Å²) in [5, 5.41) is 9.71. The largest absolute Gasteiger partial charge is 0.393 e. The van der Waals surface area contributed by atoms with Crippen LogP contribution in [0.15, 0.2) is 0 Å². The normalized spacial score (nSPS) is 12.9. The lowest BCUT2D eigenvalue weighted by atomic mass is 10.1. The zero-order valence-corrected chi connectivity index (χ0v) is 11.9. The summed E-state index contributed by atoms with van der Waals surface area (Å²) < 4.78 is 5.37. The molecule has 0 aromatic rings. The zero-order valence-electron chi connectivity index (χ0n) is 11.9. The summed E-state index contributed by atoms with van der Waals surface area (Å²) in [6, 6.07) is 0. The molecule has 1 N–H and O–H groups in total. The molecule has 0 saturated carbocycles. The molecule has 2 nitrogen and oxygen atoms in total. The van der Waals surface area contributed by atoms with E-state index in [9.17, 15) is 5.11 Å². The monoisotopic (exact) mass is 244 g/mol. The van der Waals surface area contributed by atoms with Crippen molar-refractivity contribution in [3.05, 3.63) is 0 Å². The summed E-state index contributed by atoms with van der Waals surface area (Å²) in [5.41, 5.74) is 0. The third kappa shape index (κ3) is 13.9. The SMILES string of the molecule is CCCCCCCCCC(O)CCOCCC. The Kier molecular flexibility index (Phi) is 13.9. The van der Waals surface area contributed by atoms with Crippen LogP contribution in [0.4, 0.5) is 0 Å². The van der Waals surface area contributed by atoms with Crippen molar-refractivity contribution in [3.63, 3.8) is 0 Å². The third-order valence-electron chi connectivity index (χ3n) is 3.08. The number of hydrogen-bond acceptors (Lipinski definition) is 2. The minimum atomic E-state index is -0.150. The fraction of sp³-hybridized carbons (Fsp3) is 1.00. The topological polar surface area (TPSA) is 29.5 Å². The third-order valence-corrected chi connectivity index (χ3v) is 3.08. The molecule has 0 aliphatic heterocycles. The molecule has 0 aliphatic carbocycles. The van der Waals surface area contributed by atoms with Gasteiger partial charge < -0.3 is 9.84 Å². The minimum Gasteiger partial charge on any atom is -0.393 e. The van der Waals surface area contributed by atoms with Gasteiger partial charge in [-0.25, -0.2) is 0 Å². The molecule has 0 fully saturated rings. The predicted octanol–water partition coefficient (Wildman–Crippen LogP) is 4.30.